The van der Waals surface area contributed by atoms with Gasteiger partial charge in [0.2, 0.25) is 5.91 Å². The van der Waals surface area contributed by atoms with Crippen LogP contribution in [0, 0.1) is 0 Å². The summed E-state index contributed by atoms with van der Waals surface area (Å²) in [5.41, 5.74) is 0.865. The lowest BCUT2D eigenvalue weighted by Crippen LogP contribution is -2.13. The SMILES string of the molecule is COc1ccc(OC)c2c1sc(=NC(=O)CCSc1ccc(Cl)cc1)n2C. The molecule has 3 rings (SSSR count). The number of carbonyl (C=O) groups excluding carboxylic acids is 1. The first-order chi connectivity index (χ1) is 13.0. The number of ether oxygens (including phenoxy) is 2. The number of amides is 1. The van der Waals surface area contributed by atoms with E-state index in [1.165, 1.54) is 11.3 Å². The maximum atomic E-state index is 12.3. The maximum Gasteiger partial charge on any atom is 0.249 e. The largest absolute Gasteiger partial charge is 0.495 e. The summed E-state index contributed by atoms with van der Waals surface area (Å²) < 4.78 is 13.6. The summed E-state index contributed by atoms with van der Waals surface area (Å²) in [7, 11) is 5.11. The molecule has 0 saturated heterocycles. The number of benzene rings is 2. The summed E-state index contributed by atoms with van der Waals surface area (Å²) in [6.07, 6.45) is 0.357. The molecule has 3 aromatic rings. The first kappa shape index (κ1) is 19.8. The Hall–Kier alpha value is -1.96. The molecule has 0 unspecified atom stereocenters. The van der Waals surface area contributed by atoms with Crippen LogP contribution in [-0.2, 0) is 11.8 Å². The van der Waals surface area contributed by atoms with Gasteiger partial charge in [-0.05, 0) is 36.4 Å². The number of thioether (sulfide) groups is 1. The number of rotatable bonds is 6. The first-order valence-electron chi connectivity index (χ1n) is 8.20. The molecule has 0 aliphatic carbocycles. The van der Waals surface area contributed by atoms with Crippen LogP contribution in [0.15, 0.2) is 46.3 Å². The van der Waals surface area contributed by atoms with Gasteiger partial charge in [-0.1, -0.05) is 22.9 Å². The Morgan fingerprint density at radius 3 is 2.48 bits per heavy atom. The molecule has 0 N–H and O–H groups in total. The molecule has 0 fully saturated rings. The number of hydrogen-bond donors (Lipinski definition) is 0. The van der Waals surface area contributed by atoms with Crippen LogP contribution in [0.25, 0.3) is 10.2 Å². The zero-order valence-corrected chi connectivity index (χ0v) is 17.6. The zero-order valence-electron chi connectivity index (χ0n) is 15.2. The molecule has 2 aromatic carbocycles. The minimum Gasteiger partial charge on any atom is -0.495 e. The van der Waals surface area contributed by atoms with E-state index in [1.807, 2.05) is 48.0 Å². The Labute approximate surface area is 170 Å². The fourth-order valence-electron chi connectivity index (χ4n) is 2.58. The Morgan fingerprint density at radius 1 is 1.15 bits per heavy atom. The second kappa shape index (κ2) is 8.82. The van der Waals surface area contributed by atoms with Crippen molar-refractivity contribution in [2.45, 2.75) is 11.3 Å². The van der Waals surface area contributed by atoms with Gasteiger partial charge in [0.15, 0.2) is 4.80 Å². The van der Waals surface area contributed by atoms with Crippen molar-refractivity contribution >= 4 is 50.8 Å². The van der Waals surface area contributed by atoms with E-state index in [-0.39, 0.29) is 5.91 Å². The lowest BCUT2D eigenvalue weighted by molar-refractivity contribution is -0.117. The first-order valence-corrected chi connectivity index (χ1v) is 10.4. The van der Waals surface area contributed by atoms with Crippen molar-refractivity contribution in [3.63, 3.8) is 0 Å². The summed E-state index contributed by atoms with van der Waals surface area (Å²) in [6, 6.07) is 11.3. The molecule has 0 atom stereocenters. The number of nitrogens with zero attached hydrogens (tertiary/aromatic N) is 2. The van der Waals surface area contributed by atoms with Crippen molar-refractivity contribution in [3.05, 3.63) is 46.2 Å². The molecule has 1 heterocycles. The predicted octanol–water partition coefficient (Wildman–Crippen LogP) is 4.52. The molecule has 0 spiro atoms. The number of aromatic nitrogens is 1. The lowest BCUT2D eigenvalue weighted by Gasteiger charge is -2.06. The Morgan fingerprint density at radius 2 is 1.81 bits per heavy atom. The van der Waals surface area contributed by atoms with Crippen LogP contribution in [-0.4, -0.2) is 30.4 Å². The zero-order chi connectivity index (χ0) is 19.4. The molecular weight excluding hydrogens is 404 g/mol. The minimum absolute atomic E-state index is 0.156. The molecule has 0 radical (unpaired) electrons. The summed E-state index contributed by atoms with van der Waals surface area (Å²) >= 11 is 8.90. The van der Waals surface area contributed by atoms with E-state index < -0.39 is 0 Å². The number of fused-ring (bicyclic) bond motifs is 1. The number of carbonyl (C=O) groups is 1. The maximum absolute atomic E-state index is 12.3. The standard InChI is InChI=1S/C19H19ClN2O3S2/c1-22-17-14(24-2)8-9-15(25-3)18(17)27-19(22)21-16(23)10-11-26-13-6-4-12(20)5-7-13/h4-9H,10-11H2,1-3H3. The minimum atomic E-state index is -0.156. The van der Waals surface area contributed by atoms with Crippen LogP contribution in [0.1, 0.15) is 6.42 Å². The van der Waals surface area contributed by atoms with E-state index in [2.05, 4.69) is 4.99 Å². The van der Waals surface area contributed by atoms with E-state index >= 15 is 0 Å². The highest BCUT2D eigenvalue weighted by molar-refractivity contribution is 7.99. The van der Waals surface area contributed by atoms with E-state index in [0.29, 0.717) is 22.0 Å². The van der Waals surface area contributed by atoms with Crippen molar-refractivity contribution in [1.82, 2.24) is 4.57 Å². The smallest absolute Gasteiger partial charge is 0.249 e. The van der Waals surface area contributed by atoms with E-state index in [0.717, 1.165) is 26.6 Å². The number of halogens is 1. The molecule has 0 aliphatic rings. The van der Waals surface area contributed by atoms with Crippen LogP contribution in [0.5, 0.6) is 11.5 Å². The van der Waals surface area contributed by atoms with Gasteiger partial charge in [-0.3, -0.25) is 4.79 Å². The van der Waals surface area contributed by atoms with Gasteiger partial charge in [-0.2, -0.15) is 4.99 Å². The second-order valence-electron chi connectivity index (χ2n) is 5.65. The number of aryl methyl sites for hydroxylation is 1. The van der Waals surface area contributed by atoms with Crippen LogP contribution in [0.3, 0.4) is 0 Å². The average molecular weight is 423 g/mol. The molecule has 8 heteroatoms. The topological polar surface area (TPSA) is 52.8 Å². The number of thiazole rings is 1. The average Bonchev–Trinajstić information content (AvgIpc) is 2.99. The summed E-state index contributed by atoms with van der Waals surface area (Å²) in [5.74, 6) is 1.96. The van der Waals surface area contributed by atoms with Crippen LogP contribution >= 0.6 is 34.7 Å². The molecule has 27 heavy (non-hydrogen) atoms. The van der Waals surface area contributed by atoms with Crippen molar-refractivity contribution in [1.29, 1.82) is 0 Å². The molecule has 0 aliphatic heterocycles. The molecule has 5 nitrogen and oxygen atoms in total. The highest BCUT2D eigenvalue weighted by atomic mass is 35.5. The fraction of sp³-hybridized carbons (Fsp3) is 0.263. The summed E-state index contributed by atoms with van der Waals surface area (Å²) in [4.78, 5) is 18.3. The molecular formula is C19H19ClN2O3S2. The summed E-state index contributed by atoms with van der Waals surface area (Å²) in [5, 5.41) is 0.702. The van der Waals surface area contributed by atoms with Crippen molar-refractivity contribution in [2.75, 3.05) is 20.0 Å². The highest BCUT2D eigenvalue weighted by Crippen LogP contribution is 2.34. The van der Waals surface area contributed by atoms with Gasteiger partial charge in [0, 0.05) is 29.1 Å². The normalized spacial score (nSPS) is 11.8. The van der Waals surface area contributed by atoms with Gasteiger partial charge in [0.25, 0.3) is 0 Å². The van der Waals surface area contributed by atoms with Crippen LogP contribution in [0.2, 0.25) is 5.02 Å². The predicted molar refractivity (Wildman–Crippen MR) is 111 cm³/mol. The fourth-order valence-corrected chi connectivity index (χ4v) is 4.69. The molecule has 1 amide bonds. The Balaban J connectivity index is 1.79. The van der Waals surface area contributed by atoms with Crippen molar-refractivity contribution < 1.29 is 14.3 Å². The second-order valence-corrected chi connectivity index (χ2v) is 8.23. The van der Waals surface area contributed by atoms with Crippen LogP contribution in [0.4, 0.5) is 0 Å². The number of hydrogen-bond acceptors (Lipinski definition) is 5. The third-order valence-corrected chi connectivity index (χ3v) is 6.34. The van der Waals surface area contributed by atoms with Gasteiger partial charge in [0.1, 0.15) is 21.7 Å². The third-order valence-electron chi connectivity index (χ3n) is 3.93. The van der Waals surface area contributed by atoms with E-state index in [9.17, 15) is 4.79 Å². The van der Waals surface area contributed by atoms with Crippen LogP contribution < -0.4 is 14.3 Å². The van der Waals surface area contributed by atoms with Gasteiger partial charge in [-0.15, -0.1) is 11.8 Å². The van der Waals surface area contributed by atoms with Gasteiger partial charge >= 0.3 is 0 Å². The highest BCUT2D eigenvalue weighted by Gasteiger charge is 2.14. The van der Waals surface area contributed by atoms with Gasteiger partial charge < -0.3 is 14.0 Å². The lowest BCUT2D eigenvalue weighted by atomic mass is 10.3. The third kappa shape index (κ3) is 4.48. The van der Waals surface area contributed by atoms with Crippen molar-refractivity contribution in [3.8, 4) is 11.5 Å². The van der Waals surface area contributed by atoms with Gasteiger partial charge in [0.05, 0.1) is 14.2 Å². The monoisotopic (exact) mass is 422 g/mol. The summed E-state index contributed by atoms with van der Waals surface area (Å²) in [6.45, 7) is 0. The molecule has 1 aromatic heterocycles. The van der Waals surface area contributed by atoms with E-state index in [4.69, 9.17) is 21.1 Å². The molecule has 0 bridgehead atoms. The molecule has 142 valence electrons. The Kier molecular flexibility index (Phi) is 6.46. The number of methoxy groups -OCH3 is 2. The van der Waals surface area contributed by atoms with E-state index in [1.54, 1.807) is 26.0 Å². The molecule has 0 saturated carbocycles. The van der Waals surface area contributed by atoms with Crippen molar-refractivity contribution in [2.24, 2.45) is 12.0 Å². The Bertz CT molecular complexity index is 1030. The van der Waals surface area contributed by atoms with Gasteiger partial charge in [-0.25, -0.2) is 0 Å². The quantitative estimate of drug-likeness (QED) is 0.548.